The number of fused-ring (bicyclic) bond motifs is 2. The second-order valence-electron chi connectivity index (χ2n) is 6.38. The van der Waals surface area contributed by atoms with Crippen molar-refractivity contribution >= 4 is 0 Å². The Balaban J connectivity index is 1.53. The highest BCUT2D eigenvalue weighted by molar-refractivity contribution is 5.36. The average Bonchev–Trinajstić information content (AvgIpc) is 3.01. The minimum absolute atomic E-state index is 0.926. The molecule has 0 aromatic heterocycles. The second-order valence-corrected chi connectivity index (χ2v) is 6.38. The van der Waals surface area contributed by atoms with Crippen LogP contribution in [-0.2, 0) is 6.54 Å². The SMILES string of the molecule is COc1ccc(C)cc1CNCC1CC2CCC1C2. The maximum absolute atomic E-state index is 5.43. The lowest BCUT2D eigenvalue weighted by Gasteiger charge is -2.22. The molecule has 1 aromatic rings. The molecule has 2 aliphatic rings. The molecule has 0 spiro atoms. The van der Waals surface area contributed by atoms with Gasteiger partial charge in [0, 0.05) is 12.1 Å². The summed E-state index contributed by atoms with van der Waals surface area (Å²) in [5, 5.41) is 3.65. The van der Waals surface area contributed by atoms with Crippen LogP contribution in [0.1, 0.15) is 36.8 Å². The summed E-state index contributed by atoms with van der Waals surface area (Å²) >= 11 is 0. The number of aryl methyl sites for hydroxylation is 1. The number of rotatable bonds is 5. The van der Waals surface area contributed by atoms with Gasteiger partial charge in [0.2, 0.25) is 0 Å². The summed E-state index contributed by atoms with van der Waals surface area (Å²) in [4.78, 5) is 0. The molecule has 0 saturated heterocycles. The van der Waals surface area contributed by atoms with Crippen LogP contribution in [0.5, 0.6) is 5.75 Å². The fourth-order valence-electron chi connectivity index (χ4n) is 4.06. The van der Waals surface area contributed by atoms with E-state index in [1.54, 1.807) is 7.11 Å². The molecule has 2 fully saturated rings. The van der Waals surface area contributed by atoms with Crippen LogP contribution in [0, 0.1) is 24.7 Å². The lowest BCUT2D eigenvalue weighted by Crippen LogP contribution is -2.26. The summed E-state index contributed by atoms with van der Waals surface area (Å²) < 4.78 is 5.43. The fourth-order valence-corrected chi connectivity index (χ4v) is 4.06. The Morgan fingerprint density at radius 3 is 2.84 bits per heavy atom. The first-order chi connectivity index (χ1) is 9.26. The largest absolute Gasteiger partial charge is 0.496 e. The van der Waals surface area contributed by atoms with Crippen LogP contribution in [-0.4, -0.2) is 13.7 Å². The monoisotopic (exact) mass is 259 g/mol. The first kappa shape index (κ1) is 13.0. The lowest BCUT2D eigenvalue weighted by molar-refractivity contribution is 0.317. The third-order valence-corrected chi connectivity index (χ3v) is 5.04. The predicted octanol–water partition coefficient (Wildman–Crippen LogP) is 3.53. The van der Waals surface area contributed by atoms with E-state index in [0.29, 0.717) is 0 Å². The van der Waals surface area contributed by atoms with E-state index in [9.17, 15) is 0 Å². The summed E-state index contributed by atoms with van der Waals surface area (Å²) in [5.74, 6) is 3.99. The van der Waals surface area contributed by atoms with E-state index < -0.39 is 0 Å². The molecule has 2 saturated carbocycles. The average molecular weight is 259 g/mol. The normalized spacial score (nSPS) is 28.8. The van der Waals surface area contributed by atoms with Gasteiger partial charge in [-0.1, -0.05) is 24.1 Å². The zero-order valence-electron chi connectivity index (χ0n) is 12.1. The molecule has 0 aliphatic heterocycles. The van der Waals surface area contributed by atoms with Crippen LogP contribution in [0.15, 0.2) is 18.2 Å². The van der Waals surface area contributed by atoms with Crippen molar-refractivity contribution < 1.29 is 4.74 Å². The third-order valence-electron chi connectivity index (χ3n) is 5.04. The number of methoxy groups -OCH3 is 1. The number of nitrogens with one attached hydrogen (secondary N) is 1. The number of hydrogen-bond donors (Lipinski definition) is 1. The quantitative estimate of drug-likeness (QED) is 0.873. The minimum atomic E-state index is 0.926. The van der Waals surface area contributed by atoms with Gasteiger partial charge in [0.1, 0.15) is 5.75 Å². The molecule has 19 heavy (non-hydrogen) atoms. The zero-order valence-corrected chi connectivity index (χ0v) is 12.1. The van der Waals surface area contributed by atoms with Crippen molar-refractivity contribution in [2.75, 3.05) is 13.7 Å². The smallest absolute Gasteiger partial charge is 0.123 e. The molecular weight excluding hydrogens is 234 g/mol. The molecule has 0 radical (unpaired) electrons. The summed E-state index contributed by atoms with van der Waals surface area (Å²) in [6.07, 6.45) is 5.93. The van der Waals surface area contributed by atoms with Gasteiger partial charge in [-0.15, -0.1) is 0 Å². The molecule has 2 heteroatoms. The van der Waals surface area contributed by atoms with Crippen molar-refractivity contribution in [3.05, 3.63) is 29.3 Å². The zero-order chi connectivity index (χ0) is 13.2. The Kier molecular flexibility index (Phi) is 3.79. The van der Waals surface area contributed by atoms with Gasteiger partial charge in [-0.2, -0.15) is 0 Å². The maximum atomic E-state index is 5.43. The van der Waals surface area contributed by atoms with Gasteiger partial charge in [-0.25, -0.2) is 0 Å². The van der Waals surface area contributed by atoms with Gasteiger partial charge in [-0.05, 0) is 56.6 Å². The Hall–Kier alpha value is -1.02. The number of benzene rings is 1. The van der Waals surface area contributed by atoms with E-state index in [1.165, 1.54) is 43.4 Å². The van der Waals surface area contributed by atoms with Crippen LogP contribution in [0.2, 0.25) is 0 Å². The van der Waals surface area contributed by atoms with Crippen LogP contribution in [0.25, 0.3) is 0 Å². The van der Waals surface area contributed by atoms with Crippen LogP contribution < -0.4 is 10.1 Å². The summed E-state index contributed by atoms with van der Waals surface area (Å²) in [6, 6.07) is 6.41. The first-order valence-electron chi connectivity index (χ1n) is 7.60. The molecule has 2 nitrogen and oxygen atoms in total. The minimum Gasteiger partial charge on any atom is -0.496 e. The molecule has 3 atom stereocenters. The third kappa shape index (κ3) is 2.79. The molecule has 2 aliphatic carbocycles. The van der Waals surface area contributed by atoms with E-state index in [2.05, 4.69) is 30.4 Å². The topological polar surface area (TPSA) is 21.3 Å². The van der Waals surface area contributed by atoms with Crippen molar-refractivity contribution in [2.45, 2.75) is 39.2 Å². The van der Waals surface area contributed by atoms with Gasteiger partial charge in [-0.3, -0.25) is 0 Å². The molecule has 1 N–H and O–H groups in total. The van der Waals surface area contributed by atoms with Crippen LogP contribution in [0.3, 0.4) is 0 Å². The van der Waals surface area contributed by atoms with Crippen molar-refractivity contribution in [1.29, 1.82) is 0 Å². The summed E-state index contributed by atoms with van der Waals surface area (Å²) in [6.45, 7) is 4.25. The molecule has 0 heterocycles. The van der Waals surface area contributed by atoms with Gasteiger partial charge in [0.05, 0.1) is 7.11 Å². The highest BCUT2D eigenvalue weighted by atomic mass is 16.5. The van der Waals surface area contributed by atoms with E-state index in [1.807, 2.05) is 0 Å². The molecule has 3 unspecified atom stereocenters. The molecule has 2 bridgehead atoms. The Morgan fingerprint density at radius 1 is 1.26 bits per heavy atom. The number of ether oxygens (including phenoxy) is 1. The van der Waals surface area contributed by atoms with Crippen molar-refractivity contribution in [3.8, 4) is 5.75 Å². The van der Waals surface area contributed by atoms with E-state index in [-0.39, 0.29) is 0 Å². The molecule has 0 amide bonds. The number of hydrogen-bond acceptors (Lipinski definition) is 2. The highest BCUT2D eigenvalue weighted by Crippen LogP contribution is 2.47. The summed E-state index contributed by atoms with van der Waals surface area (Å²) in [7, 11) is 1.75. The van der Waals surface area contributed by atoms with Crippen molar-refractivity contribution in [1.82, 2.24) is 5.32 Å². The van der Waals surface area contributed by atoms with Crippen molar-refractivity contribution in [3.63, 3.8) is 0 Å². The second kappa shape index (κ2) is 5.54. The van der Waals surface area contributed by atoms with Crippen LogP contribution >= 0.6 is 0 Å². The van der Waals surface area contributed by atoms with Gasteiger partial charge >= 0.3 is 0 Å². The molecule has 1 aromatic carbocycles. The predicted molar refractivity (Wildman–Crippen MR) is 78.4 cm³/mol. The molecule has 3 rings (SSSR count). The standard InChI is InChI=1S/C17H25NO/c1-12-3-6-17(19-2)16(7-12)11-18-10-15-9-13-4-5-14(15)8-13/h3,6-7,13-15,18H,4-5,8-11H2,1-2H3. The Morgan fingerprint density at radius 2 is 2.16 bits per heavy atom. The Labute approximate surface area is 116 Å². The highest BCUT2D eigenvalue weighted by Gasteiger charge is 2.38. The van der Waals surface area contributed by atoms with Gasteiger partial charge < -0.3 is 10.1 Å². The molecule has 104 valence electrons. The first-order valence-corrected chi connectivity index (χ1v) is 7.60. The lowest BCUT2D eigenvalue weighted by atomic mass is 9.89. The fraction of sp³-hybridized carbons (Fsp3) is 0.647. The summed E-state index contributed by atoms with van der Waals surface area (Å²) in [5.41, 5.74) is 2.59. The maximum Gasteiger partial charge on any atom is 0.123 e. The van der Waals surface area contributed by atoms with Gasteiger partial charge in [0.15, 0.2) is 0 Å². The van der Waals surface area contributed by atoms with E-state index >= 15 is 0 Å². The van der Waals surface area contributed by atoms with Crippen LogP contribution in [0.4, 0.5) is 0 Å². The van der Waals surface area contributed by atoms with Crippen molar-refractivity contribution in [2.24, 2.45) is 17.8 Å². The van der Waals surface area contributed by atoms with E-state index in [0.717, 1.165) is 30.0 Å². The Bertz CT molecular complexity index is 443. The van der Waals surface area contributed by atoms with Gasteiger partial charge in [0.25, 0.3) is 0 Å². The molecular formula is C17H25NO. The van der Waals surface area contributed by atoms with E-state index in [4.69, 9.17) is 4.74 Å².